The summed E-state index contributed by atoms with van der Waals surface area (Å²) >= 11 is 6.17. The minimum Gasteiger partial charge on any atom is -0.455 e. The van der Waals surface area contributed by atoms with Crippen LogP contribution < -0.4 is 10.2 Å². The normalized spacial score (nSPS) is 24.2. The number of fused-ring (bicyclic) bond motifs is 1. The van der Waals surface area contributed by atoms with Crippen LogP contribution >= 0.6 is 11.6 Å². The van der Waals surface area contributed by atoms with Gasteiger partial charge < -0.3 is 34.4 Å². The van der Waals surface area contributed by atoms with Crippen LogP contribution in [0.15, 0.2) is 79.9 Å². The van der Waals surface area contributed by atoms with Gasteiger partial charge in [0.25, 0.3) is 5.91 Å². The first-order valence-electron chi connectivity index (χ1n) is 18.1. The van der Waals surface area contributed by atoms with E-state index < -0.39 is 47.7 Å². The number of aliphatic hydroxyl groups is 1. The summed E-state index contributed by atoms with van der Waals surface area (Å²) in [6, 6.07) is 14.3. The number of carbonyl (C=O) groups excluding carboxylic acids is 4. The van der Waals surface area contributed by atoms with Crippen LogP contribution in [0.4, 0.5) is 5.69 Å². The number of carbonyl (C=O) groups is 4. The Hall–Kier alpha value is -4.03. The topological polar surface area (TPSA) is 135 Å². The number of rotatable bonds is 20. The predicted molar refractivity (Wildman–Crippen MR) is 197 cm³/mol. The molecule has 3 aliphatic rings. The maximum atomic E-state index is 14.8. The summed E-state index contributed by atoms with van der Waals surface area (Å²) in [6.45, 7) is 8.18. The summed E-state index contributed by atoms with van der Waals surface area (Å²) in [4.78, 5) is 59.9. The molecule has 11 nitrogen and oxygen atoms in total. The zero-order valence-corrected chi connectivity index (χ0v) is 30.5. The molecule has 2 N–H and O–H groups in total. The van der Waals surface area contributed by atoms with Crippen molar-refractivity contribution in [3.8, 4) is 0 Å². The highest BCUT2D eigenvalue weighted by molar-refractivity contribution is 6.30. The van der Waals surface area contributed by atoms with Crippen LogP contribution in [0.25, 0.3) is 0 Å². The van der Waals surface area contributed by atoms with Gasteiger partial charge in [0.1, 0.15) is 17.7 Å². The average Bonchev–Trinajstić information content (AvgIpc) is 3.79. The number of aliphatic hydroxyl groups excluding tert-OH is 1. The van der Waals surface area contributed by atoms with Gasteiger partial charge >= 0.3 is 5.97 Å². The zero-order chi connectivity index (χ0) is 37.3. The van der Waals surface area contributed by atoms with Crippen molar-refractivity contribution in [1.82, 2.24) is 10.2 Å². The molecular formula is C40H50ClN3O8. The monoisotopic (exact) mass is 735 g/mol. The molecule has 0 saturated carbocycles. The molecule has 0 aromatic heterocycles. The second kappa shape index (κ2) is 18.1. The number of esters is 1. The third-order valence-corrected chi connectivity index (χ3v) is 10.6. The lowest BCUT2D eigenvalue weighted by Gasteiger charge is -2.37. The van der Waals surface area contributed by atoms with E-state index in [9.17, 15) is 24.3 Å². The lowest BCUT2D eigenvalue weighted by Crippen LogP contribution is -2.56. The highest BCUT2D eigenvalue weighted by atomic mass is 35.5. The van der Waals surface area contributed by atoms with Gasteiger partial charge in [-0.05, 0) is 61.9 Å². The van der Waals surface area contributed by atoms with Gasteiger partial charge in [-0.25, -0.2) is 0 Å². The minimum atomic E-state index is -1.24. The second-order valence-electron chi connectivity index (χ2n) is 13.7. The molecule has 3 saturated heterocycles. The Morgan fingerprint density at radius 3 is 2.50 bits per heavy atom. The minimum absolute atomic E-state index is 0.0635. The first-order valence-corrected chi connectivity index (χ1v) is 18.5. The molecule has 12 heteroatoms. The second-order valence-corrected chi connectivity index (χ2v) is 14.1. The Morgan fingerprint density at radius 1 is 1.10 bits per heavy atom. The van der Waals surface area contributed by atoms with Gasteiger partial charge in [0, 0.05) is 43.9 Å². The third-order valence-electron chi connectivity index (χ3n) is 10.3. The van der Waals surface area contributed by atoms with E-state index in [-0.39, 0.29) is 50.4 Å². The SMILES string of the molecule is C=CCCC(=O)N[C@@H](COC)[C@@H](OC(=O)[C@@H]1[C@H]2C(=O)N(CCCCCCO)[C@H](C(=O)N(CC=C)c3ccc(Cl)cc3)[C@]23CC[C@H]1O3)c1ccccc1. The van der Waals surface area contributed by atoms with Gasteiger partial charge in [0.15, 0.2) is 0 Å². The number of nitrogens with zero attached hydrogens (tertiary/aromatic N) is 2. The van der Waals surface area contributed by atoms with E-state index in [2.05, 4.69) is 18.5 Å². The number of nitrogens with one attached hydrogen (secondary N) is 1. The number of benzene rings is 2. The van der Waals surface area contributed by atoms with Crippen molar-refractivity contribution in [3.63, 3.8) is 0 Å². The van der Waals surface area contributed by atoms with Crippen molar-refractivity contribution in [2.75, 3.05) is 38.3 Å². The lowest BCUT2D eigenvalue weighted by molar-refractivity contribution is -0.163. The van der Waals surface area contributed by atoms with Gasteiger partial charge in [-0.2, -0.15) is 0 Å². The third kappa shape index (κ3) is 8.28. The summed E-state index contributed by atoms with van der Waals surface area (Å²) in [5.41, 5.74) is 0.00378. The van der Waals surface area contributed by atoms with Crippen LogP contribution in [0.5, 0.6) is 0 Å². The van der Waals surface area contributed by atoms with Crippen LogP contribution in [0, 0.1) is 11.8 Å². The standard InChI is InChI=1S/C40H50ClN3O8/c1-4-6-16-32(46)42-30(26-50-3)35(27-14-10-9-11-15-27)51-39(49)33-31-21-22-40(52-31)34(33)37(47)44(24-12-7-8-13-25-45)36(40)38(48)43(23-5-2)29-19-17-28(41)18-20-29/h4-5,9-11,14-15,17-20,30-31,33-36,45H,1-2,6-8,12-13,16,21-26H2,3H3,(H,42,46)/t30-,31+,33-,34-,35-,36+,40-/m0/s1. The summed E-state index contributed by atoms with van der Waals surface area (Å²) < 4.78 is 18.5. The molecule has 5 rings (SSSR count). The first kappa shape index (κ1) is 39.2. The van der Waals surface area contributed by atoms with Gasteiger partial charge in [0.2, 0.25) is 11.8 Å². The molecule has 3 heterocycles. The van der Waals surface area contributed by atoms with Crippen molar-refractivity contribution in [2.24, 2.45) is 11.8 Å². The molecular weight excluding hydrogens is 686 g/mol. The molecule has 2 aromatic carbocycles. The maximum Gasteiger partial charge on any atom is 0.313 e. The predicted octanol–water partition coefficient (Wildman–Crippen LogP) is 5.17. The number of anilines is 1. The van der Waals surface area contributed by atoms with E-state index in [4.69, 9.17) is 25.8 Å². The molecule has 2 bridgehead atoms. The van der Waals surface area contributed by atoms with Crippen LogP contribution in [-0.4, -0.2) is 90.9 Å². The average molecular weight is 736 g/mol. The van der Waals surface area contributed by atoms with Crippen molar-refractivity contribution >= 4 is 41.0 Å². The molecule has 7 atom stereocenters. The number of allylic oxidation sites excluding steroid dienone is 1. The highest BCUT2D eigenvalue weighted by Gasteiger charge is 2.75. The molecule has 1 spiro atoms. The van der Waals surface area contributed by atoms with Gasteiger partial charge in [-0.3, -0.25) is 19.2 Å². The van der Waals surface area contributed by atoms with Crippen LogP contribution in [-0.2, 0) is 33.4 Å². The number of unbranched alkanes of at least 4 members (excludes halogenated alkanes) is 3. The first-order chi connectivity index (χ1) is 25.2. The van der Waals surface area contributed by atoms with Crippen molar-refractivity contribution in [2.45, 2.75) is 81.3 Å². The fraction of sp³-hybridized carbons (Fsp3) is 0.500. The highest BCUT2D eigenvalue weighted by Crippen LogP contribution is 2.59. The Kier molecular flexibility index (Phi) is 13.7. The molecule has 3 amide bonds. The van der Waals surface area contributed by atoms with Gasteiger partial charge in [-0.1, -0.05) is 66.9 Å². The quantitative estimate of drug-likeness (QED) is 0.108. The largest absolute Gasteiger partial charge is 0.455 e. The maximum absolute atomic E-state index is 14.8. The molecule has 2 aromatic rings. The van der Waals surface area contributed by atoms with Crippen LogP contribution in [0.2, 0.25) is 5.02 Å². The van der Waals surface area contributed by atoms with Gasteiger partial charge in [-0.15, -0.1) is 13.2 Å². The van der Waals surface area contributed by atoms with E-state index >= 15 is 0 Å². The Morgan fingerprint density at radius 2 is 1.83 bits per heavy atom. The zero-order valence-electron chi connectivity index (χ0n) is 29.8. The molecule has 52 heavy (non-hydrogen) atoms. The number of halogens is 1. The number of amides is 3. The van der Waals surface area contributed by atoms with Crippen molar-refractivity contribution in [3.05, 3.63) is 90.5 Å². The smallest absolute Gasteiger partial charge is 0.313 e. The number of ether oxygens (including phenoxy) is 3. The van der Waals surface area contributed by atoms with Crippen LogP contribution in [0.1, 0.15) is 63.0 Å². The summed E-state index contributed by atoms with van der Waals surface area (Å²) in [5, 5.41) is 12.8. The summed E-state index contributed by atoms with van der Waals surface area (Å²) in [6.07, 6.45) is 6.09. The number of methoxy groups -OCH3 is 1. The Balaban J connectivity index is 1.48. The Bertz CT molecular complexity index is 1570. The van der Waals surface area contributed by atoms with E-state index in [1.54, 1.807) is 46.2 Å². The number of likely N-dealkylation sites (tertiary alicyclic amines) is 1. The molecule has 0 radical (unpaired) electrons. The molecule has 3 aliphatic heterocycles. The fourth-order valence-electron chi connectivity index (χ4n) is 8.03. The van der Waals surface area contributed by atoms with Crippen LogP contribution in [0.3, 0.4) is 0 Å². The van der Waals surface area contributed by atoms with Crippen molar-refractivity contribution < 1.29 is 38.5 Å². The summed E-state index contributed by atoms with van der Waals surface area (Å²) in [7, 11) is 1.51. The molecule has 0 aliphatic carbocycles. The number of hydrogen-bond donors (Lipinski definition) is 2. The molecule has 3 fully saturated rings. The molecule has 0 unspecified atom stereocenters. The number of hydrogen-bond acceptors (Lipinski definition) is 8. The van der Waals surface area contributed by atoms with E-state index in [0.717, 1.165) is 12.8 Å². The van der Waals surface area contributed by atoms with Crippen molar-refractivity contribution in [1.29, 1.82) is 0 Å². The molecule has 280 valence electrons. The van der Waals surface area contributed by atoms with Gasteiger partial charge in [0.05, 0.1) is 30.6 Å². The lowest BCUT2D eigenvalue weighted by atomic mass is 9.70. The summed E-state index contributed by atoms with van der Waals surface area (Å²) in [5.74, 6) is -3.43. The van der Waals surface area contributed by atoms with E-state index in [1.165, 1.54) is 7.11 Å². The Labute approximate surface area is 310 Å². The van der Waals surface area contributed by atoms with E-state index in [0.29, 0.717) is 48.4 Å². The van der Waals surface area contributed by atoms with E-state index in [1.807, 2.05) is 30.3 Å². The fourth-order valence-corrected chi connectivity index (χ4v) is 8.16.